The van der Waals surface area contributed by atoms with Crippen LogP contribution in [0.2, 0.25) is 0 Å². The molecule has 7 heteroatoms. The Kier molecular flexibility index (Phi) is 13.7. The molecule has 3 aromatic heterocycles. The molecule has 6 nitrogen and oxygen atoms in total. The Morgan fingerprint density at radius 3 is 1.63 bits per heavy atom. The van der Waals surface area contributed by atoms with E-state index in [-0.39, 0.29) is 43.1 Å². The van der Waals surface area contributed by atoms with Gasteiger partial charge in [0.05, 0.1) is 27.6 Å². The fraction of sp³-hybridized carbons (Fsp3) is 0.167. The third-order valence-corrected chi connectivity index (χ3v) is 15.2. The predicted molar refractivity (Wildman–Crippen MR) is 326 cm³/mol. The van der Waals surface area contributed by atoms with Gasteiger partial charge < -0.3 is 14.6 Å². The average molecular weight is 1210 g/mol. The molecule has 0 aliphatic rings. The summed E-state index contributed by atoms with van der Waals surface area (Å²) in [6.45, 7) is 20.3. The molecule has 0 bridgehead atoms. The Bertz CT molecular complexity index is 4140. The second-order valence-corrected chi connectivity index (χ2v) is 23.7. The minimum Gasteiger partial charge on any atom is -0.507 e. The Morgan fingerprint density at radius 2 is 0.975 bits per heavy atom. The number of nitrogens with zero attached hydrogens (tertiary/aromatic N) is 5. The number of aromatic hydroxyl groups is 1. The molecule has 1 N–H and O–H groups in total. The molecule has 0 saturated heterocycles. The van der Waals surface area contributed by atoms with Crippen molar-refractivity contribution in [1.29, 1.82) is 0 Å². The molecule has 394 valence electrons. The van der Waals surface area contributed by atoms with E-state index in [1.54, 1.807) is 6.07 Å². The minimum absolute atomic E-state index is 0. The maximum absolute atomic E-state index is 11.5. The van der Waals surface area contributed by atoms with Gasteiger partial charge in [-0.05, 0) is 136 Å². The van der Waals surface area contributed by atoms with Crippen LogP contribution in [-0.2, 0) is 37.3 Å². The second kappa shape index (κ2) is 20.5. The number of para-hydroxylation sites is 5. The fourth-order valence-corrected chi connectivity index (χ4v) is 10.9. The van der Waals surface area contributed by atoms with Gasteiger partial charge in [0.2, 0.25) is 0 Å². The molecule has 0 fully saturated rings. The van der Waals surface area contributed by atoms with Gasteiger partial charge in [-0.15, -0.1) is 29.3 Å². The number of imidazole rings is 1. The van der Waals surface area contributed by atoms with Crippen molar-refractivity contribution in [3.8, 4) is 62.0 Å². The van der Waals surface area contributed by atoms with E-state index in [4.69, 9.17) is 9.97 Å². The molecule has 9 aromatic carbocycles. The molecule has 3 heterocycles. The average Bonchev–Trinajstić information content (AvgIpc) is 4.22. The zero-order chi connectivity index (χ0) is 54.1. The summed E-state index contributed by atoms with van der Waals surface area (Å²) in [6.07, 6.45) is 1.92. The molecule has 0 saturated carbocycles. The first kappa shape index (κ1) is 52.7. The van der Waals surface area contributed by atoms with Crippen LogP contribution in [0.15, 0.2) is 219 Å². The van der Waals surface area contributed by atoms with E-state index in [0.29, 0.717) is 11.4 Å². The largest absolute Gasteiger partial charge is 0.507 e. The Morgan fingerprint density at radius 1 is 0.430 bits per heavy atom. The van der Waals surface area contributed by atoms with Crippen molar-refractivity contribution < 1.29 is 26.2 Å². The molecule has 0 atom stereocenters. The monoisotopic (exact) mass is 1210 g/mol. The molecular weight excluding hydrogens is 1150 g/mol. The Labute approximate surface area is 479 Å². The fourth-order valence-electron chi connectivity index (χ4n) is 10.9. The summed E-state index contributed by atoms with van der Waals surface area (Å²) in [4.78, 5) is 12.9. The number of hydrogen-bond donors (Lipinski definition) is 1. The van der Waals surface area contributed by atoms with Crippen molar-refractivity contribution in [1.82, 2.24) is 19.1 Å². The predicted octanol–water partition coefficient (Wildman–Crippen LogP) is 19.1. The first-order valence-electron chi connectivity index (χ1n) is 27.0. The molecule has 0 radical (unpaired) electrons. The van der Waals surface area contributed by atoms with Crippen molar-refractivity contribution in [3.05, 3.63) is 241 Å². The third-order valence-electron chi connectivity index (χ3n) is 15.2. The molecule has 12 rings (SSSR count). The summed E-state index contributed by atoms with van der Waals surface area (Å²) in [5.74, 6) is 0.853. The van der Waals surface area contributed by atoms with Gasteiger partial charge in [-0.3, -0.25) is 9.55 Å². The minimum atomic E-state index is -0.195. The van der Waals surface area contributed by atoms with E-state index < -0.39 is 0 Å². The summed E-state index contributed by atoms with van der Waals surface area (Å²) in [7, 11) is 0. The normalized spacial score (nSPS) is 12.1. The van der Waals surface area contributed by atoms with Gasteiger partial charge in [-0.2, -0.15) is 0 Å². The van der Waals surface area contributed by atoms with Crippen molar-refractivity contribution >= 4 is 49.9 Å². The number of anilines is 3. The maximum Gasteiger partial charge on any atom is 0.148 e. The number of hydrogen-bond acceptors (Lipinski definition) is 4. The number of benzene rings is 9. The number of aromatic nitrogens is 4. The molecule has 0 unspecified atom stereocenters. The molecule has 12 aromatic rings. The van der Waals surface area contributed by atoms with Crippen LogP contribution in [0.1, 0.15) is 79.0 Å². The van der Waals surface area contributed by atoms with E-state index >= 15 is 0 Å². The summed E-state index contributed by atoms with van der Waals surface area (Å²) >= 11 is 0. The molecule has 79 heavy (non-hydrogen) atoms. The number of phenolic OH excluding ortho intramolecular Hbond substituents is 1. The van der Waals surface area contributed by atoms with Gasteiger partial charge >= 0.3 is 0 Å². The summed E-state index contributed by atoms with van der Waals surface area (Å²) < 4.78 is 4.62. The van der Waals surface area contributed by atoms with Gasteiger partial charge in [0.15, 0.2) is 0 Å². The zero-order valence-corrected chi connectivity index (χ0v) is 48.6. The third kappa shape index (κ3) is 10.00. The quantitative estimate of drug-likeness (QED) is 0.146. The van der Waals surface area contributed by atoms with Crippen LogP contribution in [0.4, 0.5) is 17.1 Å². The van der Waals surface area contributed by atoms with E-state index in [1.807, 2.05) is 24.4 Å². The van der Waals surface area contributed by atoms with E-state index in [1.165, 1.54) is 21.9 Å². The van der Waals surface area contributed by atoms with E-state index in [2.05, 4.69) is 270 Å². The van der Waals surface area contributed by atoms with Crippen molar-refractivity contribution in [2.75, 3.05) is 4.90 Å². The van der Waals surface area contributed by atoms with Gasteiger partial charge in [-0.1, -0.05) is 177 Å². The van der Waals surface area contributed by atoms with Crippen LogP contribution in [0.25, 0.3) is 89.1 Å². The number of pyridine rings is 1. The van der Waals surface area contributed by atoms with Crippen molar-refractivity contribution in [2.45, 2.75) is 78.6 Å². The Balaban J connectivity index is 0.00000660. The maximum atomic E-state index is 11.5. The van der Waals surface area contributed by atoms with E-state index in [0.717, 1.165) is 89.6 Å². The first-order chi connectivity index (χ1) is 37.5. The van der Waals surface area contributed by atoms with Gasteiger partial charge in [0, 0.05) is 72.2 Å². The molecule has 0 amide bonds. The van der Waals surface area contributed by atoms with Gasteiger partial charge in [0.25, 0.3) is 0 Å². The van der Waals surface area contributed by atoms with Crippen LogP contribution < -0.4 is 4.90 Å². The topological polar surface area (TPSA) is 59.1 Å². The van der Waals surface area contributed by atoms with Gasteiger partial charge in [-0.25, -0.2) is 4.98 Å². The second-order valence-electron chi connectivity index (χ2n) is 23.7. The molecule has 0 aliphatic carbocycles. The summed E-state index contributed by atoms with van der Waals surface area (Å²) in [5, 5.41) is 13.9. The zero-order valence-electron chi connectivity index (χ0n) is 46.3. The molecule has 0 spiro atoms. The van der Waals surface area contributed by atoms with Crippen LogP contribution >= 0.6 is 0 Å². The smallest absolute Gasteiger partial charge is 0.148 e. The number of phenols is 1. The number of rotatable bonds is 9. The van der Waals surface area contributed by atoms with Crippen LogP contribution in [0, 0.1) is 6.07 Å². The first-order valence-corrected chi connectivity index (χ1v) is 27.0. The van der Waals surface area contributed by atoms with E-state index in [9.17, 15) is 5.11 Å². The molecular formula is C72H64N5OPt-. The summed E-state index contributed by atoms with van der Waals surface area (Å²) in [5.41, 5.74) is 19.1. The standard InChI is InChI=1S/C72H64N5O.Pt/c1-70(2,3)51-40-49(59-27-20-29-65-68(59)74-69(62-26-17-19-30-67(62)78)77(65)58-45-52(71(4,5)6)44-53(46-58)72(7,8)9)39-50(41-51)63-42-48(37-38-73-63)47-31-36-61-60-25-16-18-28-64(60)76(66(61)43-47)57-34-32-56(33-35-57)75(54-21-12-10-13-22-54)55-23-14-11-15-24-55;/h10-38,40-46,78H,1-9H3;/q-1;. The van der Waals surface area contributed by atoms with Gasteiger partial charge in [0.1, 0.15) is 11.6 Å². The van der Waals surface area contributed by atoms with Crippen LogP contribution in [-0.4, -0.2) is 24.2 Å². The van der Waals surface area contributed by atoms with Crippen LogP contribution in [0.5, 0.6) is 5.75 Å². The van der Waals surface area contributed by atoms with Crippen molar-refractivity contribution in [3.63, 3.8) is 0 Å². The molecule has 0 aliphatic heterocycles. The Hall–Kier alpha value is -8.31. The van der Waals surface area contributed by atoms with Crippen LogP contribution in [0.3, 0.4) is 0 Å². The SMILES string of the molecule is CC(C)(C)c1cc(-c2cc(-c3ccc4c5ccccc5n(-c5ccc(N(c6ccccc6)c6ccccc6)cc5)c4c3)ccn2)[c-]c(-c2cccc3c2nc(-c2ccccc2O)n3-c2cc(C(C)(C)C)cc(C(C)(C)C)c2)c1.[Pt]. The number of fused-ring (bicyclic) bond motifs is 4. The summed E-state index contributed by atoms with van der Waals surface area (Å²) in [6, 6.07) is 79.0. The van der Waals surface area contributed by atoms with Crippen molar-refractivity contribution in [2.24, 2.45) is 0 Å².